The Morgan fingerprint density at radius 1 is 0.848 bits per heavy atom. The van der Waals surface area contributed by atoms with Crippen molar-refractivity contribution in [3.63, 3.8) is 0 Å². The first-order valence-electron chi connectivity index (χ1n) is 11.5. The summed E-state index contributed by atoms with van der Waals surface area (Å²) >= 11 is 0. The summed E-state index contributed by atoms with van der Waals surface area (Å²) in [6.45, 7) is 6.60. The Morgan fingerprint density at radius 3 is 2.21 bits per heavy atom. The van der Waals surface area contributed by atoms with Gasteiger partial charge in [-0.05, 0) is 47.1 Å². The number of carbonyl (C=O) groups excluding carboxylic acids is 1. The molecule has 0 saturated heterocycles. The molecule has 2 aliphatic rings. The Bertz CT molecular complexity index is 1240. The first kappa shape index (κ1) is 21.4. The van der Waals surface area contributed by atoms with Gasteiger partial charge in [-0.2, -0.15) is 0 Å². The molecule has 0 saturated carbocycles. The summed E-state index contributed by atoms with van der Waals surface area (Å²) in [5.74, 6) is -0.166. The molecule has 0 fully saturated rings. The maximum absolute atomic E-state index is 14.9. The highest BCUT2D eigenvalue weighted by Crippen LogP contribution is 2.44. The molecule has 1 heterocycles. The van der Waals surface area contributed by atoms with E-state index in [0.29, 0.717) is 24.0 Å². The van der Waals surface area contributed by atoms with Gasteiger partial charge in [-0.25, -0.2) is 4.39 Å². The number of ketones is 1. The van der Waals surface area contributed by atoms with E-state index in [1.807, 2.05) is 30.3 Å². The number of nitrogens with one attached hydrogen (secondary N) is 2. The minimum absolute atomic E-state index is 0.0576. The summed E-state index contributed by atoms with van der Waals surface area (Å²) in [4.78, 5) is 13.6. The Labute approximate surface area is 194 Å². The van der Waals surface area contributed by atoms with Crippen LogP contribution in [0.25, 0.3) is 0 Å². The number of rotatable bonds is 2. The van der Waals surface area contributed by atoms with Gasteiger partial charge in [0.25, 0.3) is 0 Å². The fourth-order valence-electron chi connectivity index (χ4n) is 4.93. The highest BCUT2D eigenvalue weighted by atomic mass is 19.1. The predicted octanol–water partition coefficient (Wildman–Crippen LogP) is 7.10. The van der Waals surface area contributed by atoms with Crippen LogP contribution in [-0.2, 0) is 10.2 Å². The third kappa shape index (κ3) is 4.06. The Kier molecular flexibility index (Phi) is 5.32. The van der Waals surface area contributed by atoms with Crippen molar-refractivity contribution in [1.29, 1.82) is 0 Å². The van der Waals surface area contributed by atoms with Crippen LogP contribution in [-0.4, -0.2) is 5.78 Å². The molecule has 33 heavy (non-hydrogen) atoms. The zero-order valence-corrected chi connectivity index (χ0v) is 19.3. The average Bonchev–Trinajstić information content (AvgIpc) is 2.95. The number of fused-ring (bicyclic) bond motifs is 1. The second-order valence-electron chi connectivity index (χ2n) is 10.1. The van der Waals surface area contributed by atoms with Gasteiger partial charge in [-0.15, -0.1) is 0 Å². The first-order valence-corrected chi connectivity index (χ1v) is 11.5. The van der Waals surface area contributed by atoms with Gasteiger partial charge in [0.1, 0.15) is 5.82 Å². The molecule has 1 aliphatic heterocycles. The van der Waals surface area contributed by atoms with E-state index in [0.717, 1.165) is 22.6 Å². The summed E-state index contributed by atoms with van der Waals surface area (Å²) in [7, 11) is 0. The number of halogens is 1. The summed E-state index contributed by atoms with van der Waals surface area (Å²) in [6, 6.07) is 22.7. The average molecular weight is 441 g/mol. The molecule has 3 nitrogen and oxygen atoms in total. The van der Waals surface area contributed by atoms with Gasteiger partial charge in [0.05, 0.1) is 17.4 Å². The van der Waals surface area contributed by atoms with Crippen LogP contribution in [0.1, 0.15) is 62.3 Å². The largest absolute Gasteiger partial charge is 0.372 e. The van der Waals surface area contributed by atoms with Gasteiger partial charge in [0.2, 0.25) is 0 Å². The van der Waals surface area contributed by atoms with E-state index < -0.39 is 6.04 Å². The lowest BCUT2D eigenvalue weighted by atomic mass is 9.77. The fraction of sp³-hybridized carbons (Fsp3) is 0.276. The molecular weight excluding hydrogens is 411 g/mol. The highest BCUT2D eigenvalue weighted by molar-refractivity contribution is 6.01. The monoisotopic (exact) mass is 440 g/mol. The van der Waals surface area contributed by atoms with Crippen LogP contribution in [0.2, 0.25) is 0 Å². The quantitative estimate of drug-likeness (QED) is 0.446. The zero-order valence-electron chi connectivity index (χ0n) is 19.3. The highest BCUT2D eigenvalue weighted by Gasteiger charge is 2.36. The third-order valence-corrected chi connectivity index (χ3v) is 6.77. The minimum atomic E-state index is -0.533. The van der Waals surface area contributed by atoms with Crippen molar-refractivity contribution in [2.75, 3.05) is 10.6 Å². The maximum Gasteiger partial charge on any atom is 0.163 e. The van der Waals surface area contributed by atoms with E-state index in [-0.39, 0.29) is 22.9 Å². The number of benzene rings is 3. The van der Waals surface area contributed by atoms with E-state index >= 15 is 0 Å². The molecule has 0 spiro atoms. The smallest absolute Gasteiger partial charge is 0.163 e. The van der Waals surface area contributed by atoms with E-state index in [1.54, 1.807) is 12.1 Å². The van der Waals surface area contributed by atoms with E-state index in [4.69, 9.17) is 0 Å². The van der Waals surface area contributed by atoms with Crippen LogP contribution in [0.15, 0.2) is 84.1 Å². The molecule has 0 bridgehead atoms. The molecule has 1 aliphatic carbocycles. The number of para-hydroxylation sites is 2. The maximum atomic E-state index is 14.9. The molecule has 5 rings (SSSR count). The van der Waals surface area contributed by atoms with Gasteiger partial charge < -0.3 is 10.6 Å². The first-order chi connectivity index (χ1) is 15.8. The van der Waals surface area contributed by atoms with Crippen molar-refractivity contribution in [3.05, 3.63) is 107 Å². The van der Waals surface area contributed by atoms with Gasteiger partial charge >= 0.3 is 0 Å². The molecule has 0 aromatic heterocycles. The lowest BCUT2D eigenvalue weighted by Gasteiger charge is -2.30. The Balaban J connectivity index is 1.56. The van der Waals surface area contributed by atoms with Gasteiger partial charge in [0, 0.05) is 23.3 Å². The van der Waals surface area contributed by atoms with Crippen LogP contribution >= 0.6 is 0 Å². The number of carbonyl (C=O) groups is 1. The normalized spacial score (nSPS) is 20.3. The summed E-state index contributed by atoms with van der Waals surface area (Å²) in [5, 5.41) is 6.96. The molecule has 3 aromatic carbocycles. The number of hydrogen-bond acceptors (Lipinski definition) is 3. The lowest BCUT2D eigenvalue weighted by molar-refractivity contribution is -0.116. The second kappa shape index (κ2) is 8.18. The molecule has 0 amide bonds. The summed E-state index contributed by atoms with van der Waals surface area (Å²) in [5.41, 5.74) is 6.29. The minimum Gasteiger partial charge on any atom is -0.372 e. The van der Waals surface area contributed by atoms with Crippen LogP contribution in [0.3, 0.4) is 0 Å². The standard InChI is InChI=1S/C29H29FN2O/c1-29(2,3)20-14-12-18(13-15-20)19-16-25-27(26(33)17-19)28(21-8-4-5-9-22(21)30)32-24-11-7-6-10-23(24)31-25/h4-15,19,28,31-32H,16-17H2,1-3H3. The zero-order chi connectivity index (χ0) is 23.2. The molecule has 3 aromatic rings. The molecule has 4 heteroatoms. The summed E-state index contributed by atoms with van der Waals surface area (Å²) in [6.07, 6.45) is 1.12. The van der Waals surface area contributed by atoms with E-state index in [1.165, 1.54) is 11.6 Å². The number of Topliss-reactive ketones (excluding diaryl/α,β-unsaturated/α-hetero) is 1. The number of allylic oxidation sites excluding steroid dienone is 1. The number of hydrogen-bond donors (Lipinski definition) is 2. The fourth-order valence-corrected chi connectivity index (χ4v) is 4.93. The third-order valence-electron chi connectivity index (χ3n) is 6.77. The van der Waals surface area contributed by atoms with Crippen molar-refractivity contribution in [3.8, 4) is 0 Å². The van der Waals surface area contributed by atoms with Crippen LogP contribution in [0.5, 0.6) is 0 Å². The van der Waals surface area contributed by atoms with Crippen molar-refractivity contribution in [2.45, 2.75) is 51.0 Å². The summed E-state index contributed by atoms with van der Waals surface area (Å²) < 4.78 is 14.9. The van der Waals surface area contributed by atoms with E-state index in [9.17, 15) is 9.18 Å². The molecule has 2 unspecified atom stereocenters. The van der Waals surface area contributed by atoms with Gasteiger partial charge in [-0.1, -0.05) is 75.4 Å². The van der Waals surface area contributed by atoms with Crippen LogP contribution < -0.4 is 10.6 Å². The van der Waals surface area contributed by atoms with Crippen molar-refractivity contribution in [1.82, 2.24) is 0 Å². The Morgan fingerprint density at radius 2 is 1.52 bits per heavy atom. The van der Waals surface area contributed by atoms with Crippen molar-refractivity contribution >= 4 is 17.2 Å². The van der Waals surface area contributed by atoms with Crippen LogP contribution in [0, 0.1) is 5.82 Å². The molecule has 0 radical (unpaired) electrons. The van der Waals surface area contributed by atoms with Crippen LogP contribution in [0.4, 0.5) is 15.8 Å². The molecule has 2 N–H and O–H groups in total. The second-order valence-corrected chi connectivity index (χ2v) is 10.1. The van der Waals surface area contributed by atoms with Gasteiger partial charge in [-0.3, -0.25) is 4.79 Å². The molecular formula is C29H29FN2O. The Hall–Kier alpha value is -3.40. The van der Waals surface area contributed by atoms with Crippen molar-refractivity contribution in [2.24, 2.45) is 0 Å². The lowest BCUT2D eigenvalue weighted by Crippen LogP contribution is -2.27. The topological polar surface area (TPSA) is 41.1 Å². The van der Waals surface area contributed by atoms with E-state index in [2.05, 4.69) is 55.7 Å². The van der Waals surface area contributed by atoms with Crippen molar-refractivity contribution < 1.29 is 9.18 Å². The van der Waals surface area contributed by atoms with Gasteiger partial charge in [0.15, 0.2) is 5.78 Å². The molecule has 168 valence electrons. The molecule has 2 atom stereocenters. The predicted molar refractivity (Wildman–Crippen MR) is 132 cm³/mol. The number of anilines is 2. The SMILES string of the molecule is CC(C)(C)c1ccc(C2CC(=O)C3=C(C2)Nc2ccccc2NC3c2ccccc2F)cc1.